The van der Waals surface area contributed by atoms with Crippen LogP contribution in [0.15, 0.2) is 6.07 Å². The summed E-state index contributed by atoms with van der Waals surface area (Å²) in [5.41, 5.74) is -0.116. The number of esters is 1. The fourth-order valence-corrected chi connectivity index (χ4v) is 1.30. The molecule has 1 aromatic rings. The zero-order valence-corrected chi connectivity index (χ0v) is 9.27. The Morgan fingerprint density at radius 3 is 2.56 bits per heavy atom. The lowest BCUT2D eigenvalue weighted by Crippen LogP contribution is -2.10. The lowest BCUT2D eigenvalue weighted by molar-refractivity contribution is 0.0524. The van der Waals surface area contributed by atoms with Crippen molar-refractivity contribution in [3.63, 3.8) is 0 Å². The number of rotatable bonds is 3. The second-order valence-electron chi connectivity index (χ2n) is 3.10. The molecular weight excluding hydrogens is 218 g/mol. The summed E-state index contributed by atoms with van der Waals surface area (Å²) in [6, 6.07) is 0.912. The molecule has 0 amide bonds. The summed E-state index contributed by atoms with van der Waals surface area (Å²) < 4.78 is 36.1. The number of ether oxygens (including phenoxy) is 2. The van der Waals surface area contributed by atoms with Gasteiger partial charge in [-0.05, 0) is 19.9 Å². The van der Waals surface area contributed by atoms with E-state index in [4.69, 9.17) is 0 Å². The Balaban J connectivity index is 3.28. The Morgan fingerprint density at radius 2 is 2.06 bits per heavy atom. The zero-order valence-electron chi connectivity index (χ0n) is 9.27. The van der Waals surface area contributed by atoms with Crippen LogP contribution in [0.4, 0.5) is 8.78 Å². The Bertz CT molecular complexity index is 416. The number of benzene rings is 1. The third kappa shape index (κ3) is 2.13. The number of halogens is 2. The molecule has 5 heteroatoms. The van der Waals surface area contributed by atoms with Gasteiger partial charge in [0.1, 0.15) is 0 Å². The summed E-state index contributed by atoms with van der Waals surface area (Å²) in [6.07, 6.45) is 0. The predicted octanol–water partition coefficient (Wildman–Crippen LogP) is 2.46. The summed E-state index contributed by atoms with van der Waals surface area (Å²) in [5.74, 6) is -3.05. The molecule has 0 atom stereocenters. The van der Waals surface area contributed by atoms with E-state index in [-0.39, 0.29) is 17.7 Å². The van der Waals surface area contributed by atoms with E-state index in [1.165, 1.54) is 6.92 Å². The summed E-state index contributed by atoms with van der Waals surface area (Å²) >= 11 is 0. The lowest BCUT2D eigenvalue weighted by Gasteiger charge is -2.10. The van der Waals surface area contributed by atoms with Gasteiger partial charge in [0, 0.05) is 5.56 Å². The van der Waals surface area contributed by atoms with Crippen molar-refractivity contribution in [2.45, 2.75) is 13.8 Å². The van der Waals surface area contributed by atoms with E-state index in [1.54, 1.807) is 6.92 Å². The standard InChI is InChI=1S/C11H12F2O3/c1-4-16-11(14)7-5-8(12)10(15-3)9(13)6(7)2/h5H,4H2,1-3H3. The molecule has 0 fully saturated rings. The first kappa shape index (κ1) is 12.4. The summed E-state index contributed by atoms with van der Waals surface area (Å²) in [5, 5.41) is 0. The Hall–Kier alpha value is -1.65. The first-order valence-electron chi connectivity index (χ1n) is 4.72. The highest BCUT2D eigenvalue weighted by Crippen LogP contribution is 2.27. The molecule has 0 radical (unpaired) electrons. The van der Waals surface area contributed by atoms with Crippen molar-refractivity contribution in [3.05, 3.63) is 28.8 Å². The number of hydrogen-bond acceptors (Lipinski definition) is 3. The van der Waals surface area contributed by atoms with E-state index in [1.807, 2.05) is 0 Å². The molecule has 0 saturated carbocycles. The zero-order chi connectivity index (χ0) is 12.3. The van der Waals surface area contributed by atoms with Gasteiger partial charge in [0.25, 0.3) is 0 Å². The first-order chi connectivity index (χ1) is 7.52. The van der Waals surface area contributed by atoms with Gasteiger partial charge >= 0.3 is 5.97 Å². The maximum absolute atomic E-state index is 13.6. The quantitative estimate of drug-likeness (QED) is 0.748. The van der Waals surface area contributed by atoms with Gasteiger partial charge in [-0.3, -0.25) is 0 Å². The third-order valence-corrected chi connectivity index (χ3v) is 2.12. The smallest absolute Gasteiger partial charge is 0.338 e. The van der Waals surface area contributed by atoms with Crippen molar-refractivity contribution in [3.8, 4) is 5.75 Å². The van der Waals surface area contributed by atoms with Gasteiger partial charge in [0.2, 0.25) is 0 Å². The summed E-state index contributed by atoms with van der Waals surface area (Å²) in [4.78, 5) is 11.4. The molecule has 0 saturated heterocycles. The molecule has 0 aromatic heterocycles. The highest BCUT2D eigenvalue weighted by molar-refractivity contribution is 5.91. The summed E-state index contributed by atoms with van der Waals surface area (Å²) in [6.45, 7) is 3.13. The normalized spacial score (nSPS) is 10.1. The topological polar surface area (TPSA) is 35.5 Å². The van der Waals surface area contributed by atoms with E-state index < -0.39 is 23.4 Å². The Labute approximate surface area is 92.0 Å². The van der Waals surface area contributed by atoms with E-state index in [0.29, 0.717) is 0 Å². The van der Waals surface area contributed by atoms with Crippen LogP contribution in [-0.2, 0) is 4.74 Å². The van der Waals surface area contributed by atoms with Gasteiger partial charge in [-0.1, -0.05) is 0 Å². The minimum atomic E-state index is -0.923. The second-order valence-corrected chi connectivity index (χ2v) is 3.10. The predicted molar refractivity (Wildman–Crippen MR) is 53.6 cm³/mol. The molecule has 1 rings (SSSR count). The molecule has 88 valence electrons. The molecule has 0 unspecified atom stereocenters. The van der Waals surface area contributed by atoms with E-state index in [0.717, 1.165) is 13.2 Å². The highest BCUT2D eigenvalue weighted by Gasteiger charge is 2.20. The van der Waals surface area contributed by atoms with Crippen LogP contribution in [0.5, 0.6) is 5.75 Å². The van der Waals surface area contributed by atoms with E-state index in [9.17, 15) is 13.6 Å². The minimum Gasteiger partial charge on any atom is -0.491 e. The van der Waals surface area contributed by atoms with E-state index in [2.05, 4.69) is 9.47 Å². The van der Waals surface area contributed by atoms with Gasteiger partial charge in [-0.25, -0.2) is 13.6 Å². The maximum Gasteiger partial charge on any atom is 0.338 e. The van der Waals surface area contributed by atoms with Crippen molar-refractivity contribution in [1.82, 2.24) is 0 Å². The monoisotopic (exact) mass is 230 g/mol. The summed E-state index contributed by atoms with van der Waals surface area (Å²) in [7, 11) is 1.16. The lowest BCUT2D eigenvalue weighted by atomic mass is 10.1. The van der Waals surface area contributed by atoms with Gasteiger partial charge in [0.05, 0.1) is 19.3 Å². The number of hydrogen-bond donors (Lipinski definition) is 0. The molecule has 0 bridgehead atoms. The van der Waals surface area contributed by atoms with Gasteiger partial charge < -0.3 is 9.47 Å². The van der Waals surface area contributed by atoms with Crippen molar-refractivity contribution in [2.75, 3.05) is 13.7 Å². The average Bonchev–Trinajstić information content (AvgIpc) is 2.24. The molecule has 0 spiro atoms. The maximum atomic E-state index is 13.6. The van der Waals surface area contributed by atoms with Gasteiger partial charge in [-0.2, -0.15) is 0 Å². The van der Waals surface area contributed by atoms with Crippen LogP contribution in [0.25, 0.3) is 0 Å². The molecule has 1 aromatic carbocycles. The number of methoxy groups -OCH3 is 1. The van der Waals surface area contributed by atoms with Crippen LogP contribution in [0, 0.1) is 18.6 Å². The molecule has 0 heterocycles. The molecule has 0 aliphatic carbocycles. The van der Waals surface area contributed by atoms with Crippen LogP contribution in [0.2, 0.25) is 0 Å². The first-order valence-corrected chi connectivity index (χ1v) is 4.72. The van der Waals surface area contributed by atoms with Gasteiger partial charge in [0.15, 0.2) is 17.4 Å². The van der Waals surface area contributed by atoms with Crippen molar-refractivity contribution < 1.29 is 23.0 Å². The van der Waals surface area contributed by atoms with Crippen LogP contribution in [0.3, 0.4) is 0 Å². The molecule has 0 aliphatic heterocycles. The van der Waals surface area contributed by atoms with Crippen LogP contribution in [0.1, 0.15) is 22.8 Å². The van der Waals surface area contributed by atoms with Crippen LogP contribution < -0.4 is 4.74 Å². The fourth-order valence-electron chi connectivity index (χ4n) is 1.30. The fraction of sp³-hybridized carbons (Fsp3) is 0.364. The highest BCUT2D eigenvalue weighted by atomic mass is 19.1. The molecule has 0 aliphatic rings. The molecule has 0 N–H and O–H groups in total. The Morgan fingerprint density at radius 1 is 1.44 bits per heavy atom. The largest absolute Gasteiger partial charge is 0.491 e. The van der Waals surface area contributed by atoms with E-state index >= 15 is 0 Å². The average molecular weight is 230 g/mol. The third-order valence-electron chi connectivity index (χ3n) is 2.12. The van der Waals surface area contributed by atoms with Crippen molar-refractivity contribution >= 4 is 5.97 Å². The number of carbonyl (C=O) groups is 1. The minimum absolute atomic E-state index is 0.0108. The molecular formula is C11H12F2O3. The second kappa shape index (κ2) is 4.92. The molecule has 3 nitrogen and oxygen atoms in total. The Kier molecular flexibility index (Phi) is 3.82. The SMILES string of the molecule is CCOC(=O)c1cc(F)c(OC)c(F)c1C. The van der Waals surface area contributed by atoms with Crippen LogP contribution in [-0.4, -0.2) is 19.7 Å². The van der Waals surface area contributed by atoms with Crippen molar-refractivity contribution in [1.29, 1.82) is 0 Å². The van der Waals surface area contributed by atoms with Crippen molar-refractivity contribution in [2.24, 2.45) is 0 Å². The number of carbonyl (C=O) groups excluding carboxylic acids is 1. The molecule has 16 heavy (non-hydrogen) atoms. The van der Waals surface area contributed by atoms with Crippen LogP contribution >= 0.6 is 0 Å². The van der Waals surface area contributed by atoms with Gasteiger partial charge in [-0.15, -0.1) is 0 Å².